The Labute approximate surface area is 109 Å². The number of likely N-dealkylation sites (N-methyl/N-ethyl adjacent to an activating group) is 1. The van der Waals surface area contributed by atoms with Crippen LogP contribution in [0.15, 0.2) is 27.8 Å². The third-order valence-corrected chi connectivity index (χ3v) is 4.29. The first kappa shape index (κ1) is 12.1. The van der Waals surface area contributed by atoms with E-state index in [-0.39, 0.29) is 6.04 Å². The van der Waals surface area contributed by atoms with Gasteiger partial charge in [-0.1, -0.05) is 6.92 Å². The van der Waals surface area contributed by atoms with Crippen LogP contribution in [0, 0.1) is 0 Å². The number of ether oxygens (including phenoxy) is 1. The zero-order valence-electron chi connectivity index (χ0n) is 9.33. The summed E-state index contributed by atoms with van der Waals surface area (Å²) in [6.45, 7) is 3.92. The second-order valence-corrected chi connectivity index (χ2v) is 5.61. The van der Waals surface area contributed by atoms with Crippen LogP contribution in [0.2, 0.25) is 0 Å². The van der Waals surface area contributed by atoms with Gasteiger partial charge in [-0.3, -0.25) is 0 Å². The van der Waals surface area contributed by atoms with Gasteiger partial charge >= 0.3 is 0 Å². The molecule has 0 aliphatic carbocycles. The van der Waals surface area contributed by atoms with Gasteiger partial charge < -0.3 is 10.1 Å². The molecule has 0 saturated carbocycles. The number of hydrogen-bond donors (Lipinski definition) is 1. The zero-order chi connectivity index (χ0) is 11.4. The molecule has 0 aromatic carbocycles. The minimum absolute atomic E-state index is 0.224. The number of thiophene rings is 1. The first-order chi connectivity index (χ1) is 7.81. The average molecular weight is 302 g/mol. The molecule has 1 aromatic rings. The molecule has 2 rings (SSSR count). The maximum atomic E-state index is 5.75. The fraction of sp³-hybridized carbons (Fsp3) is 0.500. The normalized spacial score (nSPS) is 17.8. The Bertz CT molecular complexity index is 375. The van der Waals surface area contributed by atoms with Crippen LogP contribution < -0.4 is 5.32 Å². The van der Waals surface area contributed by atoms with E-state index in [1.54, 1.807) is 11.3 Å². The van der Waals surface area contributed by atoms with Gasteiger partial charge in [0.2, 0.25) is 0 Å². The molecule has 16 heavy (non-hydrogen) atoms. The monoisotopic (exact) mass is 301 g/mol. The zero-order valence-corrected chi connectivity index (χ0v) is 11.7. The summed E-state index contributed by atoms with van der Waals surface area (Å²) < 4.78 is 6.89. The van der Waals surface area contributed by atoms with Crippen molar-refractivity contribution >= 4 is 27.3 Å². The summed E-state index contributed by atoms with van der Waals surface area (Å²) in [6, 6.07) is 2.39. The summed E-state index contributed by atoms with van der Waals surface area (Å²) in [7, 11) is 0. The van der Waals surface area contributed by atoms with E-state index in [0.717, 1.165) is 36.2 Å². The van der Waals surface area contributed by atoms with Crippen LogP contribution in [0.3, 0.4) is 0 Å². The number of allylic oxidation sites excluding steroid dienone is 1. The van der Waals surface area contributed by atoms with Crippen LogP contribution in [0.4, 0.5) is 0 Å². The van der Waals surface area contributed by atoms with Crippen LogP contribution in [0.5, 0.6) is 0 Å². The number of hydrogen-bond acceptors (Lipinski definition) is 3. The molecule has 1 N–H and O–H groups in total. The van der Waals surface area contributed by atoms with Crippen LogP contribution in [-0.4, -0.2) is 13.2 Å². The largest absolute Gasteiger partial charge is 0.496 e. The lowest BCUT2D eigenvalue weighted by Gasteiger charge is -2.23. The van der Waals surface area contributed by atoms with Gasteiger partial charge in [0.15, 0.2) is 0 Å². The van der Waals surface area contributed by atoms with Crippen molar-refractivity contribution in [3.05, 3.63) is 32.6 Å². The first-order valence-corrected chi connectivity index (χ1v) is 7.28. The molecule has 88 valence electrons. The van der Waals surface area contributed by atoms with E-state index < -0.39 is 0 Å². The van der Waals surface area contributed by atoms with Crippen LogP contribution in [0.25, 0.3) is 0 Å². The molecule has 0 saturated heterocycles. The van der Waals surface area contributed by atoms with E-state index in [4.69, 9.17) is 4.74 Å². The van der Waals surface area contributed by atoms with Gasteiger partial charge in [0.25, 0.3) is 0 Å². The molecule has 2 nitrogen and oxygen atoms in total. The molecule has 1 unspecified atom stereocenters. The van der Waals surface area contributed by atoms with Crippen molar-refractivity contribution in [3.63, 3.8) is 0 Å². The highest BCUT2D eigenvalue weighted by molar-refractivity contribution is 9.10. The molecule has 2 heterocycles. The van der Waals surface area contributed by atoms with Gasteiger partial charge in [0, 0.05) is 14.7 Å². The minimum Gasteiger partial charge on any atom is -0.496 e. The van der Waals surface area contributed by atoms with Crippen molar-refractivity contribution in [2.24, 2.45) is 0 Å². The Morgan fingerprint density at radius 2 is 2.50 bits per heavy atom. The highest BCUT2D eigenvalue weighted by Gasteiger charge is 2.20. The van der Waals surface area contributed by atoms with Crippen molar-refractivity contribution in [1.82, 2.24) is 5.32 Å². The lowest BCUT2D eigenvalue weighted by molar-refractivity contribution is 0.169. The highest BCUT2D eigenvalue weighted by atomic mass is 79.9. The van der Waals surface area contributed by atoms with Crippen molar-refractivity contribution in [1.29, 1.82) is 0 Å². The molecule has 0 amide bonds. The van der Waals surface area contributed by atoms with Gasteiger partial charge in [0.1, 0.15) is 5.76 Å². The Hall–Kier alpha value is -0.320. The van der Waals surface area contributed by atoms with E-state index in [1.165, 1.54) is 4.88 Å². The summed E-state index contributed by atoms with van der Waals surface area (Å²) >= 11 is 5.26. The van der Waals surface area contributed by atoms with E-state index in [0.29, 0.717) is 0 Å². The van der Waals surface area contributed by atoms with Crippen molar-refractivity contribution in [3.8, 4) is 0 Å². The SMILES string of the molecule is CCNC(C1=CCCCO1)c1cc(Br)cs1. The van der Waals surface area contributed by atoms with Crippen LogP contribution >= 0.6 is 27.3 Å². The van der Waals surface area contributed by atoms with Gasteiger partial charge in [-0.2, -0.15) is 0 Å². The average Bonchev–Trinajstić information content (AvgIpc) is 2.74. The van der Waals surface area contributed by atoms with Crippen LogP contribution in [0.1, 0.15) is 30.7 Å². The third-order valence-electron chi connectivity index (χ3n) is 2.53. The maximum Gasteiger partial charge on any atom is 0.114 e. The molecule has 1 aliphatic heterocycles. The fourth-order valence-electron chi connectivity index (χ4n) is 1.80. The molecule has 0 spiro atoms. The molecule has 1 aromatic heterocycles. The van der Waals surface area contributed by atoms with Gasteiger partial charge in [-0.25, -0.2) is 0 Å². The smallest absolute Gasteiger partial charge is 0.114 e. The number of rotatable bonds is 4. The molecular weight excluding hydrogens is 286 g/mol. The summed E-state index contributed by atoms with van der Waals surface area (Å²) in [5, 5.41) is 5.59. The Kier molecular flexibility index (Phi) is 4.44. The Morgan fingerprint density at radius 3 is 3.06 bits per heavy atom. The van der Waals surface area contributed by atoms with Crippen molar-refractivity contribution in [2.75, 3.05) is 13.2 Å². The number of nitrogens with one attached hydrogen (secondary N) is 1. The fourth-order valence-corrected chi connectivity index (χ4v) is 3.33. The summed E-state index contributed by atoms with van der Waals surface area (Å²) in [5.74, 6) is 1.09. The summed E-state index contributed by atoms with van der Waals surface area (Å²) in [6.07, 6.45) is 4.48. The molecule has 1 atom stereocenters. The van der Waals surface area contributed by atoms with Gasteiger partial charge in [-0.15, -0.1) is 11.3 Å². The van der Waals surface area contributed by atoms with E-state index in [9.17, 15) is 0 Å². The predicted molar refractivity (Wildman–Crippen MR) is 71.7 cm³/mol. The third kappa shape index (κ3) is 2.87. The molecule has 1 aliphatic rings. The van der Waals surface area contributed by atoms with Crippen LogP contribution in [-0.2, 0) is 4.74 Å². The second kappa shape index (κ2) is 5.84. The van der Waals surface area contributed by atoms with E-state index >= 15 is 0 Å². The molecule has 0 radical (unpaired) electrons. The quantitative estimate of drug-likeness (QED) is 0.912. The van der Waals surface area contributed by atoms with Crippen molar-refractivity contribution < 1.29 is 4.74 Å². The molecule has 0 fully saturated rings. The first-order valence-electron chi connectivity index (χ1n) is 5.61. The van der Waals surface area contributed by atoms with E-state index in [1.807, 2.05) is 0 Å². The highest BCUT2D eigenvalue weighted by Crippen LogP contribution is 2.32. The lowest BCUT2D eigenvalue weighted by atomic mass is 10.1. The van der Waals surface area contributed by atoms with E-state index in [2.05, 4.69) is 45.7 Å². The minimum atomic E-state index is 0.224. The number of halogens is 1. The Balaban J connectivity index is 2.19. The molecular formula is C12H16BrNOS. The lowest BCUT2D eigenvalue weighted by Crippen LogP contribution is -2.24. The van der Waals surface area contributed by atoms with Gasteiger partial charge in [0.05, 0.1) is 12.6 Å². The Morgan fingerprint density at radius 1 is 1.62 bits per heavy atom. The summed E-state index contributed by atoms with van der Waals surface area (Å²) in [5.41, 5.74) is 0. The predicted octanol–water partition coefficient (Wildman–Crippen LogP) is 3.86. The standard InChI is InChI=1S/C12H16BrNOS/c1-2-14-12(10-5-3-4-6-15-10)11-7-9(13)8-16-11/h5,7-8,12,14H,2-4,6H2,1H3. The maximum absolute atomic E-state index is 5.75. The molecule has 0 bridgehead atoms. The van der Waals surface area contributed by atoms with Gasteiger partial charge in [-0.05, 0) is 47.5 Å². The second-order valence-electron chi connectivity index (χ2n) is 3.76. The topological polar surface area (TPSA) is 21.3 Å². The molecule has 4 heteroatoms. The summed E-state index contributed by atoms with van der Waals surface area (Å²) in [4.78, 5) is 1.31. The van der Waals surface area contributed by atoms with Crippen molar-refractivity contribution in [2.45, 2.75) is 25.8 Å².